The maximum atomic E-state index is 13.3. The molecule has 34 heavy (non-hydrogen) atoms. The second-order valence-electron chi connectivity index (χ2n) is 7.66. The van der Waals surface area contributed by atoms with Gasteiger partial charge in [-0.2, -0.15) is 5.10 Å². The van der Waals surface area contributed by atoms with Crippen LogP contribution in [0.15, 0.2) is 61.1 Å². The third-order valence-electron chi connectivity index (χ3n) is 5.47. The number of methoxy groups -OCH3 is 3. The van der Waals surface area contributed by atoms with Crippen LogP contribution < -0.4 is 9.47 Å². The Morgan fingerprint density at radius 2 is 1.91 bits per heavy atom. The van der Waals surface area contributed by atoms with Crippen LogP contribution in [0.2, 0.25) is 0 Å². The predicted molar refractivity (Wildman–Crippen MR) is 127 cm³/mol. The van der Waals surface area contributed by atoms with E-state index in [1.165, 1.54) is 0 Å². The van der Waals surface area contributed by atoms with Crippen molar-refractivity contribution in [3.05, 3.63) is 77.9 Å². The zero-order valence-corrected chi connectivity index (χ0v) is 19.5. The van der Waals surface area contributed by atoms with Gasteiger partial charge >= 0.3 is 0 Å². The van der Waals surface area contributed by atoms with E-state index in [1.54, 1.807) is 49.5 Å². The van der Waals surface area contributed by atoms with E-state index < -0.39 is 0 Å². The fraction of sp³-hybridized carbons (Fsp3) is 0.280. The van der Waals surface area contributed by atoms with Crippen LogP contribution in [0.4, 0.5) is 0 Å². The first-order valence-electron chi connectivity index (χ1n) is 10.8. The SMILES string of the molecule is COCCN(Cc1ccccn1)C(=O)c1cnc2c(cnn2Cc2ccc(OC)cc2OC)c1. The monoisotopic (exact) mass is 461 g/mol. The summed E-state index contributed by atoms with van der Waals surface area (Å²) in [5.41, 5.74) is 2.92. The summed E-state index contributed by atoms with van der Waals surface area (Å²) in [7, 11) is 4.85. The maximum absolute atomic E-state index is 13.3. The average Bonchev–Trinajstić information content (AvgIpc) is 3.28. The number of nitrogens with zero attached hydrogens (tertiary/aromatic N) is 5. The van der Waals surface area contributed by atoms with Crippen LogP contribution >= 0.6 is 0 Å². The number of carbonyl (C=O) groups excluding carboxylic acids is 1. The highest BCUT2D eigenvalue weighted by molar-refractivity contribution is 5.96. The van der Waals surface area contributed by atoms with Gasteiger partial charge < -0.3 is 19.1 Å². The summed E-state index contributed by atoms with van der Waals surface area (Å²) >= 11 is 0. The van der Waals surface area contributed by atoms with E-state index in [4.69, 9.17) is 14.2 Å². The van der Waals surface area contributed by atoms with Crippen LogP contribution in [-0.2, 0) is 17.8 Å². The van der Waals surface area contributed by atoms with Gasteiger partial charge in [0.1, 0.15) is 11.5 Å². The van der Waals surface area contributed by atoms with Crippen LogP contribution in [0, 0.1) is 0 Å². The summed E-state index contributed by atoms with van der Waals surface area (Å²) in [6.45, 7) is 1.73. The molecule has 3 heterocycles. The quantitative estimate of drug-likeness (QED) is 0.358. The van der Waals surface area contributed by atoms with Gasteiger partial charge in [-0.15, -0.1) is 0 Å². The first-order valence-corrected chi connectivity index (χ1v) is 10.8. The van der Waals surface area contributed by atoms with Crippen molar-refractivity contribution in [3.63, 3.8) is 0 Å². The van der Waals surface area contributed by atoms with Crippen LogP contribution in [0.25, 0.3) is 11.0 Å². The molecule has 0 saturated heterocycles. The number of rotatable bonds is 10. The van der Waals surface area contributed by atoms with Gasteiger partial charge in [0.25, 0.3) is 5.91 Å². The van der Waals surface area contributed by atoms with Crippen LogP contribution in [0.5, 0.6) is 11.5 Å². The van der Waals surface area contributed by atoms with E-state index in [-0.39, 0.29) is 5.91 Å². The molecule has 0 saturated carbocycles. The summed E-state index contributed by atoms with van der Waals surface area (Å²) in [6, 6.07) is 13.1. The molecule has 0 radical (unpaired) electrons. The lowest BCUT2D eigenvalue weighted by atomic mass is 10.2. The highest BCUT2D eigenvalue weighted by Gasteiger charge is 2.19. The first kappa shape index (κ1) is 23.2. The average molecular weight is 462 g/mol. The molecule has 0 unspecified atom stereocenters. The molecular formula is C25H27N5O4. The van der Waals surface area contributed by atoms with Crippen molar-refractivity contribution in [2.24, 2.45) is 0 Å². The minimum Gasteiger partial charge on any atom is -0.497 e. The Labute approximate surface area is 197 Å². The number of ether oxygens (including phenoxy) is 3. The summed E-state index contributed by atoms with van der Waals surface area (Å²) in [5.74, 6) is 1.29. The smallest absolute Gasteiger partial charge is 0.255 e. The second-order valence-corrected chi connectivity index (χ2v) is 7.66. The molecule has 4 aromatic rings. The van der Waals surface area contributed by atoms with Gasteiger partial charge in [0.15, 0.2) is 5.65 Å². The van der Waals surface area contributed by atoms with Crippen molar-refractivity contribution in [2.75, 3.05) is 34.5 Å². The summed E-state index contributed by atoms with van der Waals surface area (Å²) < 4.78 is 17.8. The number of fused-ring (bicyclic) bond motifs is 1. The summed E-state index contributed by atoms with van der Waals surface area (Å²) in [4.78, 5) is 23.9. The molecule has 0 aliphatic carbocycles. The molecule has 9 nitrogen and oxygen atoms in total. The van der Waals surface area contributed by atoms with Crippen molar-refractivity contribution in [3.8, 4) is 11.5 Å². The van der Waals surface area contributed by atoms with E-state index in [2.05, 4.69) is 15.1 Å². The molecule has 4 rings (SSSR count). The molecule has 0 bridgehead atoms. The van der Waals surface area contributed by atoms with E-state index in [9.17, 15) is 4.79 Å². The Morgan fingerprint density at radius 1 is 1.03 bits per heavy atom. The number of hydrogen-bond donors (Lipinski definition) is 0. The predicted octanol–water partition coefficient (Wildman–Crippen LogP) is 3.18. The highest BCUT2D eigenvalue weighted by Crippen LogP contribution is 2.26. The van der Waals surface area contributed by atoms with Gasteiger partial charge in [-0.25, -0.2) is 9.67 Å². The molecule has 9 heteroatoms. The molecular weight excluding hydrogens is 434 g/mol. The van der Waals surface area contributed by atoms with Crippen LogP contribution in [-0.4, -0.2) is 65.0 Å². The van der Waals surface area contributed by atoms with Gasteiger partial charge in [-0.3, -0.25) is 9.78 Å². The molecule has 176 valence electrons. The Balaban J connectivity index is 1.57. The summed E-state index contributed by atoms with van der Waals surface area (Å²) in [5, 5.41) is 5.26. The van der Waals surface area contributed by atoms with Crippen molar-refractivity contribution < 1.29 is 19.0 Å². The molecule has 0 aliphatic rings. The molecule has 1 aromatic carbocycles. The van der Waals surface area contributed by atoms with Gasteiger partial charge in [-0.1, -0.05) is 6.07 Å². The van der Waals surface area contributed by atoms with Crippen molar-refractivity contribution in [2.45, 2.75) is 13.1 Å². The van der Waals surface area contributed by atoms with Crippen LogP contribution in [0.3, 0.4) is 0 Å². The Morgan fingerprint density at radius 3 is 2.65 bits per heavy atom. The molecule has 1 amide bonds. The number of pyridine rings is 2. The topological polar surface area (TPSA) is 91.6 Å². The fourth-order valence-electron chi connectivity index (χ4n) is 3.67. The molecule has 0 aliphatic heterocycles. The lowest BCUT2D eigenvalue weighted by molar-refractivity contribution is 0.0677. The van der Waals surface area contributed by atoms with Gasteiger partial charge in [0, 0.05) is 43.1 Å². The Hall–Kier alpha value is -3.98. The van der Waals surface area contributed by atoms with E-state index in [1.807, 2.05) is 42.5 Å². The number of aromatic nitrogens is 4. The fourth-order valence-corrected chi connectivity index (χ4v) is 3.67. The van der Waals surface area contributed by atoms with Crippen LogP contribution in [0.1, 0.15) is 21.6 Å². The van der Waals surface area contributed by atoms with Gasteiger partial charge in [0.2, 0.25) is 0 Å². The Bertz CT molecular complexity index is 1260. The lowest BCUT2D eigenvalue weighted by Crippen LogP contribution is -2.33. The molecule has 3 aromatic heterocycles. The minimum absolute atomic E-state index is 0.137. The number of amides is 1. The normalized spacial score (nSPS) is 10.9. The van der Waals surface area contributed by atoms with Crippen molar-refractivity contribution >= 4 is 16.9 Å². The minimum atomic E-state index is -0.137. The number of carbonyl (C=O) groups is 1. The second kappa shape index (κ2) is 10.8. The first-order chi connectivity index (χ1) is 16.6. The third-order valence-corrected chi connectivity index (χ3v) is 5.47. The zero-order chi connectivity index (χ0) is 23.9. The third kappa shape index (κ3) is 5.15. The Kier molecular flexibility index (Phi) is 7.34. The molecule has 0 atom stereocenters. The van der Waals surface area contributed by atoms with E-state index >= 15 is 0 Å². The number of hydrogen-bond acceptors (Lipinski definition) is 7. The summed E-state index contributed by atoms with van der Waals surface area (Å²) in [6.07, 6.45) is 5.02. The largest absolute Gasteiger partial charge is 0.497 e. The van der Waals surface area contributed by atoms with Gasteiger partial charge in [-0.05, 0) is 30.3 Å². The molecule has 0 fully saturated rings. The molecule has 0 spiro atoms. The maximum Gasteiger partial charge on any atom is 0.255 e. The lowest BCUT2D eigenvalue weighted by Gasteiger charge is -2.22. The van der Waals surface area contributed by atoms with E-state index in [0.717, 1.165) is 22.4 Å². The number of benzene rings is 1. The highest BCUT2D eigenvalue weighted by atomic mass is 16.5. The van der Waals surface area contributed by atoms with Crippen molar-refractivity contribution in [1.29, 1.82) is 0 Å². The molecule has 0 N–H and O–H groups in total. The van der Waals surface area contributed by atoms with E-state index in [0.29, 0.717) is 43.2 Å². The standard InChI is InChI=1S/C25H27N5O4/c1-32-11-10-29(17-21-6-4-5-9-26-21)25(31)20-12-19-15-28-30(24(19)27-14-20)16-18-7-8-22(33-2)13-23(18)34-3/h4-9,12-15H,10-11,16-17H2,1-3H3. The van der Waals surface area contributed by atoms with Crippen molar-refractivity contribution in [1.82, 2.24) is 24.6 Å². The zero-order valence-electron chi connectivity index (χ0n) is 19.5. The van der Waals surface area contributed by atoms with Gasteiger partial charge in [0.05, 0.1) is 51.4 Å².